The molecule has 148 valence electrons. The molecule has 0 aromatic heterocycles. The quantitative estimate of drug-likeness (QED) is 0.296. The summed E-state index contributed by atoms with van der Waals surface area (Å²) in [4.78, 5) is 10.8. The number of benzene rings is 3. The van der Waals surface area contributed by atoms with Crippen molar-refractivity contribution in [3.63, 3.8) is 0 Å². The minimum absolute atomic E-state index is 0.0658. The van der Waals surface area contributed by atoms with E-state index in [1.807, 2.05) is 6.08 Å². The Labute approximate surface area is 202 Å². The second-order valence-corrected chi connectivity index (χ2v) is 9.18. The van der Waals surface area contributed by atoms with Gasteiger partial charge >= 0.3 is 5.97 Å². The highest BCUT2D eigenvalue weighted by Gasteiger charge is 2.08. The molecule has 0 spiro atoms. The Balaban J connectivity index is 1.82. The Hall–Kier alpha value is -1.58. The fourth-order valence-corrected chi connectivity index (χ4v) is 3.80. The number of carbonyl (C=O) groups is 1. The maximum Gasteiger partial charge on any atom is 0.307 e. The van der Waals surface area contributed by atoms with Gasteiger partial charge in [-0.25, -0.2) is 0 Å². The summed E-state index contributed by atoms with van der Waals surface area (Å²) in [7, 11) is 0. The molecule has 6 heteroatoms. The van der Waals surface area contributed by atoms with E-state index in [2.05, 4.69) is 93.7 Å². The summed E-state index contributed by atoms with van der Waals surface area (Å²) >= 11 is 10.8. The lowest BCUT2D eigenvalue weighted by atomic mass is 9.98. The molecule has 0 radical (unpaired) electrons. The summed E-state index contributed by atoms with van der Waals surface area (Å²) in [6.45, 7) is 0.339. The van der Waals surface area contributed by atoms with Crippen LogP contribution >= 0.6 is 56.8 Å². The predicted octanol–water partition coefficient (Wildman–Crippen LogP) is 6.69. The van der Waals surface area contributed by atoms with Gasteiger partial charge in [0.05, 0.1) is 11.4 Å². The monoisotopic (exact) mass is 630 g/mol. The van der Waals surface area contributed by atoms with Crippen LogP contribution in [0.15, 0.2) is 72.8 Å². The third kappa shape index (κ3) is 6.45. The molecular formula is C23H17ClI2O3. The Morgan fingerprint density at radius 3 is 1.97 bits per heavy atom. The number of hydrogen-bond acceptors (Lipinski definition) is 2. The van der Waals surface area contributed by atoms with Crippen molar-refractivity contribution in [1.82, 2.24) is 0 Å². The number of hydrogen-bond donors (Lipinski definition) is 1. The second-order valence-electron chi connectivity index (χ2n) is 6.28. The van der Waals surface area contributed by atoms with Crippen molar-refractivity contribution in [1.29, 1.82) is 0 Å². The first-order chi connectivity index (χ1) is 13.9. The van der Waals surface area contributed by atoms with E-state index in [1.165, 1.54) is 7.14 Å². The van der Waals surface area contributed by atoms with E-state index in [9.17, 15) is 4.79 Å². The highest BCUT2D eigenvalue weighted by atomic mass is 127. The van der Waals surface area contributed by atoms with Gasteiger partial charge in [0.1, 0.15) is 12.4 Å². The zero-order chi connectivity index (χ0) is 20.8. The molecule has 0 saturated heterocycles. The molecule has 0 atom stereocenters. The summed E-state index contributed by atoms with van der Waals surface area (Å²) in [5.74, 6) is -0.362. The van der Waals surface area contributed by atoms with Crippen LogP contribution in [-0.2, 0) is 11.2 Å². The zero-order valence-corrected chi connectivity index (χ0v) is 20.3. The van der Waals surface area contributed by atoms with Crippen molar-refractivity contribution in [3.8, 4) is 5.75 Å². The molecule has 0 aliphatic heterocycles. The number of carboxylic acids is 1. The Bertz CT molecular complexity index is 981. The van der Waals surface area contributed by atoms with Crippen molar-refractivity contribution in [3.05, 3.63) is 102 Å². The topological polar surface area (TPSA) is 46.5 Å². The van der Waals surface area contributed by atoms with Gasteiger partial charge in [-0.2, -0.15) is 0 Å². The van der Waals surface area contributed by atoms with Gasteiger partial charge in [-0.15, -0.1) is 0 Å². The van der Waals surface area contributed by atoms with Gasteiger partial charge in [-0.3, -0.25) is 4.79 Å². The summed E-state index contributed by atoms with van der Waals surface area (Å²) in [6.07, 6.45) is 1.97. The maximum atomic E-state index is 10.8. The minimum Gasteiger partial charge on any atom is -0.488 e. The SMILES string of the molecule is O=C(O)Cc1ccc(OCC=C(c2ccc(I)cc2)c2ccc(I)cc2)c(Cl)c1. The lowest BCUT2D eigenvalue weighted by molar-refractivity contribution is -0.136. The largest absolute Gasteiger partial charge is 0.488 e. The van der Waals surface area contributed by atoms with Gasteiger partial charge in [-0.05, 0) is 110 Å². The molecule has 1 N–H and O–H groups in total. The molecule has 3 aromatic rings. The fraction of sp³-hybridized carbons (Fsp3) is 0.0870. The third-order valence-corrected chi connectivity index (χ3v) is 5.92. The molecule has 0 aliphatic rings. The Kier molecular flexibility index (Phi) is 7.97. The van der Waals surface area contributed by atoms with E-state index >= 15 is 0 Å². The summed E-state index contributed by atoms with van der Waals surface area (Å²) < 4.78 is 8.22. The number of halogens is 3. The highest BCUT2D eigenvalue weighted by molar-refractivity contribution is 14.1. The van der Waals surface area contributed by atoms with Crippen molar-refractivity contribution < 1.29 is 14.6 Å². The molecule has 0 aliphatic carbocycles. The van der Waals surface area contributed by atoms with Gasteiger partial charge in [-0.1, -0.05) is 41.9 Å². The molecule has 0 heterocycles. The van der Waals surface area contributed by atoms with Gasteiger partial charge < -0.3 is 9.84 Å². The smallest absolute Gasteiger partial charge is 0.307 e. The van der Waals surface area contributed by atoms with Gasteiger partial charge in [0.15, 0.2) is 0 Å². The molecular weight excluding hydrogens is 614 g/mol. The van der Waals surface area contributed by atoms with Crippen LogP contribution in [-0.4, -0.2) is 17.7 Å². The van der Waals surface area contributed by atoms with E-state index < -0.39 is 5.97 Å². The molecule has 29 heavy (non-hydrogen) atoms. The van der Waals surface area contributed by atoms with E-state index in [4.69, 9.17) is 21.4 Å². The number of rotatable bonds is 7. The standard InChI is InChI=1S/C23H17ClI2O3/c24-21-13-15(14-23(27)28)1-10-22(21)29-12-11-20(16-2-6-18(25)7-3-16)17-4-8-19(26)9-5-17/h1-11,13H,12,14H2,(H,27,28). The van der Waals surface area contributed by atoms with Gasteiger partial charge in [0.25, 0.3) is 0 Å². The summed E-state index contributed by atoms with van der Waals surface area (Å²) in [5, 5.41) is 9.30. The van der Waals surface area contributed by atoms with Crippen LogP contribution in [0.5, 0.6) is 5.75 Å². The molecule has 0 amide bonds. The fourth-order valence-electron chi connectivity index (χ4n) is 2.82. The van der Waals surface area contributed by atoms with Crippen molar-refractivity contribution in [2.75, 3.05) is 6.61 Å². The van der Waals surface area contributed by atoms with Crippen LogP contribution in [0.25, 0.3) is 5.57 Å². The van der Waals surface area contributed by atoms with Crippen LogP contribution in [0.1, 0.15) is 16.7 Å². The first-order valence-electron chi connectivity index (χ1n) is 8.77. The maximum absolute atomic E-state index is 10.8. The van der Waals surface area contributed by atoms with Crippen LogP contribution in [0.3, 0.4) is 0 Å². The van der Waals surface area contributed by atoms with Gasteiger partial charge in [0.2, 0.25) is 0 Å². The van der Waals surface area contributed by atoms with E-state index in [1.54, 1.807) is 18.2 Å². The van der Waals surface area contributed by atoms with Gasteiger partial charge in [0, 0.05) is 7.14 Å². The minimum atomic E-state index is -0.891. The molecule has 0 bridgehead atoms. The number of carboxylic acid groups (broad SMARTS) is 1. The molecule has 0 unspecified atom stereocenters. The molecule has 0 saturated carbocycles. The summed E-state index contributed by atoms with van der Waals surface area (Å²) in [6, 6.07) is 21.8. The first-order valence-corrected chi connectivity index (χ1v) is 11.3. The Morgan fingerprint density at radius 1 is 0.931 bits per heavy atom. The zero-order valence-electron chi connectivity index (χ0n) is 15.2. The normalized spacial score (nSPS) is 10.4. The first kappa shape index (κ1) is 22.1. The Morgan fingerprint density at radius 2 is 1.48 bits per heavy atom. The molecule has 3 rings (SSSR count). The third-order valence-electron chi connectivity index (χ3n) is 4.19. The van der Waals surface area contributed by atoms with Crippen molar-refractivity contribution in [2.45, 2.75) is 6.42 Å². The predicted molar refractivity (Wildman–Crippen MR) is 134 cm³/mol. The lowest BCUT2D eigenvalue weighted by Gasteiger charge is -2.11. The average molecular weight is 631 g/mol. The van der Waals surface area contributed by atoms with Crippen LogP contribution in [0.2, 0.25) is 5.02 Å². The number of ether oxygens (including phenoxy) is 1. The molecule has 3 aromatic carbocycles. The number of aliphatic carboxylic acids is 1. The van der Waals surface area contributed by atoms with Crippen molar-refractivity contribution in [2.24, 2.45) is 0 Å². The van der Waals surface area contributed by atoms with Crippen LogP contribution in [0.4, 0.5) is 0 Å². The molecule has 0 fully saturated rings. The summed E-state index contributed by atoms with van der Waals surface area (Å²) in [5.41, 5.74) is 3.94. The average Bonchev–Trinajstić information content (AvgIpc) is 2.68. The second kappa shape index (κ2) is 10.4. The lowest BCUT2D eigenvalue weighted by Crippen LogP contribution is -2.01. The van der Waals surface area contributed by atoms with Crippen molar-refractivity contribution >= 4 is 68.3 Å². The van der Waals surface area contributed by atoms with E-state index in [0.29, 0.717) is 22.9 Å². The van der Waals surface area contributed by atoms with E-state index in [0.717, 1.165) is 16.7 Å². The van der Waals surface area contributed by atoms with Crippen LogP contribution < -0.4 is 4.74 Å². The molecule has 3 nitrogen and oxygen atoms in total. The highest BCUT2D eigenvalue weighted by Crippen LogP contribution is 2.28. The van der Waals surface area contributed by atoms with Crippen LogP contribution in [0, 0.1) is 7.14 Å². The van der Waals surface area contributed by atoms with E-state index in [-0.39, 0.29) is 6.42 Å².